The fraction of sp³-hybridized carbons (Fsp3) is 0.353. The van der Waals surface area contributed by atoms with Gasteiger partial charge in [-0.25, -0.2) is 0 Å². The van der Waals surface area contributed by atoms with Crippen molar-refractivity contribution in [2.75, 3.05) is 6.61 Å². The minimum absolute atomic E-state index is 0.438. The first-order chi connectivity index (χ1) is 10.1. The Bertz CT molecular complexity index is 599. The van der Waals surface area contributed by atoms with Crippen LogP contribution in [0.4, 0.5) is 0 Å². The van der Waals surface area contributed by atoms with Gasteiger partial charge in [-0.1, -0.05) is 37.6 Å². The van der Waals surface area contributed by atoms with Gasteiger partial charge in [-0.05, 0) is 30.2 Å². The van der Waals surface area contributed by atoms with E-state index in [0.29, 0.717) is 12.6 Å². The van der Waals surface area contributed by atoms with E-state index < -0.39 is 0 Å². The molecule has 0 radical (unpaired) electrons. The number of nitrogens with one attached hydrogen (secondary N) is 1. The Kier molecular flexibility index (Phi) is 5.59. The average Bonchev–Trinajstić information content (AvgIpc) is 2.46. The fourth-order valence-corrected chi connectivity index (χ4v) is 2.25. The third-order valence-electron chi connectivity index (χ3n) is 3.11. The van der Waals surface area contributed by atoms with E-state index in [4.69, 9.17) is 16.3 Å². The maximum Gasteiger partial charge on any atom is 0.138 e. The lowest BCUT2D eigenvalue weighted by molar-refractivity contribution is 0.339. The number of pyridine rings is 1. The molecule has 2 aromatic rings. The number of hydrogen-bond donors (Lipinski definition) is 1. The summed E-state index contributed by atoms with van der Waals surface area (Å²) in [6, 6.07) is 8.52. The Hall–Kier alpha value is -1.58. The number of ether oxygens (including phenoxy) is 1. The first-order valence-electron chi connectivity index (χ1n) is 7.20. The summed E-state index contributed by atoms with van der Waals surface area (Å²) in [4.78, 5) is 4.21. The van der Waals surface area contributed by atoms with E-state index in [0.717, 1.165) is 34.0 Å². The molecule has 1 aromatic carbocycles. The molecule has 21 heavy (non-hydrogen) atoms. The fourth-order valence-electron chi connectivity index (χ4n) is 2.01. The van der Waals surface area contributed by atoms with E-state index in [1.165, 1.54) is 0 Å². The van der Waals surface area contributed by atoms with Gasteiger partial charge in [-0.3, -0.25) is 4.98 Å². The normalized spacial score (nSPS) is 10.9. The van der Waals surface area contributed by atoms with Gasteiger partial charge in [-0.15, -0.1) is 0 Å². The van der Waals surface area contributed by atoms with Gasteiger partial charge in [0.1, 0.15) is 5.75 Å². The van der Waals surface area contributed by atoms with Crippen LogP contribution < -0.4 is 10.1 Å². The number of hydrogen-bond acceptors (Lipinski definition) is 3. The second kappa shape index (κ2) is 7.43. The molecule has 0 unspecified atom stereocenters. The highest BCUT2D eigenvalue weighted by Crippen LogP contribution is 2.27. The first kappa shape index (κ1) is 15.8. The zero-order valence-corrected chi connectivity index (χ0v) is 13.4. The molecule has 3 nitrogen and oxygen atoms in total. The smallest absolute Gasteiger partial charge is 0.138 e. The van der Waals surface area contributed by atoms with Crippen LogP contribution in [-0.2, 0) is 6.54 Å². The Morgan fingerprint density at radius 2 is 2.00 bits per heavy atom. The van der Waals surface area contributed by atoms with Crippen molar-refractivity contribution in [3.63, 3.8) is 0 Å². The van der Waals surface area contributed by atoms with E-state index >= 15 is 0 Å². The molecule has 0 saturated carbocycles. The number of nitrogens with zero attached hydrogens (tertiary/aromatic N) is 1. The van der Waals surface area contributed by atoms with Crippen LogP contribution in [0.15, 0.2) is 36.7 Å². The monoisotopic (exact) mass is 304 g/mol. The SMILES string of the molecule is CCOc1cncc(-c2ccc(CNC(C)C)c(Cl)c2)c1. The number of benzene rings is 1. The average molecular weight is 305 g/mol. The molecule has 0 aliphatic carbocycles. The Morgan fingerprint density at radius 3 is 2.67 bits per heavy atom. The van der Waals surface area contributed by atoms with Crippen LogP contribution in [0.1, 0.15) is 26.3 Å². The van der Waals surface area contributed by atoms with Crippen LogP contribution in [0, 0.1) is 0 Å². The minimum Gasteiger partial charge on any atom is -0.492 e. The summed E-state index contributed by atoms with van der Waals surface area (Å²) >= 11 is 6.37. The van der Waals surface area contributed by atoms with E-state index in [2.05, 4.69) is 36.3 Å². The second-order valence-corrected chi connectivity index (χ2v) is 5.59. The highest BCUT2D eigenvalue weighted by atomic mass is 35.5. The zero-order chi connectivity index (χ0) is 15.2. The summed E-state index contributed by atoms with van der Waals surface area (Å²) in [6.45, 7) is 7.60. The molecule has 4 heteroatoms. The van der Waals surface area contributed by atoms with Crippen LogP contribution >= 0.6 is 11.6 Å². The van der Waals surface area contributed by atoms with Crippen molar-refractivity contribution in [3.05, 3.63) is 47.2 Å². The highest BCUT2D eigenvalue weighted by molar-refractivity contribution is 6.31. The van der Waals surface area contributed by atoms with E-state index in [9.17, 15) is 0 Å². The second-order valence-electron chi connectivity index (χ2n) is 5.18. The van der Waals surface area contributed by atoms with Gasteiger partial charge < -0.3 is 10.1 Å². The van der Waals surface area contributed by atoms with Gasteiger partial charge in [0.2, 0.25) is 0 Å². The van der Waals surface area contributed by atoms with Crippen LogP contribution in [0.5, 0.6) is 5.75 Å². The number of rotatable bonds is 6. The van der Waals surface area contributed by atoms with Gasteiger partial charge in [0.05, 0.1) is 12.8 Å². The van der Waals surface area contributed by atoms with Gasteiger partial charge in [0.15, 0.2) is 0 Å². The standard InChI is InChI=1S/C17H21ClN2O/c1-4-21-16-7-15(9-19-11-16)13-5-6-14(17(18)8-13)10-20-12(2)3/h5-9,11-12,20H,4,10H2,1-3H3. The van der Waals surface area contributed by atoms with Crippen molar-refractivity contribution in [1.29, 1.82) is 0 Å². The van der Waals surface area contributed by atoms with Gasteiger partial charge in [-0.2, -0.15) is 0 Å². The summed E-state index contributed by atoms with van der Waals surface area (Å²) < 4.78 is 5.48. The molecule has 112 valence electrons. The predicted molar refractivity (Wildman–Crippen MR) is 87.8 cm³/mol. The first-order valence-corrected chi connectivity index (χ1v) is 7.58. The molecular formula is C17H21ClN2O. The lowest BCUT2D eigenvalue weighted by atomic mass is 10.1. The van der Waals surface area contributed by atoms with Crippen molar-refractivity contribution < 1.29 is 4.74 Å². The molecule has 1 heterocycles. The third kappa shape index (κ3) is 4.45. The quantitative estimate of drug-likeness (QED) is 0.864. The van der Waals surface area contributed by atoms with Crippen LogP contribution in [0.2, 0.25) is 5.02 Å². The van der Waals surface area contributed by atoms with Gasteiger partial charge >= 0.3 is 0 Å². The van der Waals surface area contributed by atoms with E-state index in [1.807, 2.05) is 25.3 Å². The Balaban J connectivity index is 2.21. The molecule has 1 aromatic heterocycles. The van der Waals surface area contributed by atoms with Crippen molar-refractivity contribution >= 4 is 11.6 Å². The summed E-state index contributed by atoms with van der Waals surface area (Å²) in [5.41, 5.74) is 3.15. The van der Waals surface area contributed by atoms with Crippen molar-refractivity contribution in [1.82, 2.24) is 10.3 Å². The summed E-state index contributed by atoms with van der Waals surface area (Å²) in [5.74, 6) is 0.775. The molecule has 0 aliphatic heterocycles. The Labute approximate surface area is 131 Å². The summed E-state index contributed by atoms with van der Waals surface area (Å²) in [6.07, 6.45) is 3.54. The molecule has 2 rings (SSSR count). The van der Waals surface area contributed by atoms with Crippen LogP contribution in [0.25, 0.3) is 11.1 Å². The van der Waals surface area contributed by atoms with Crippen molar-refractivity contribution in [3.8, 4) is 16.9 Å². The van der Waals surface area contributed by atoms with E-state index in [1.54, 1.807) is 6.20 Å². The van der Waals surface area contributed by atoms with E-state index in [-0.39, 0.29) is 0 Å². The highest BCUT2D eigenvalue weighted by Gasteiger charge is 2.06. The van der Waals surface area contributed by atoms with Gasteiger partial charge in [0.25, 0.3) is 0 Å². The third-order valence-corrected chi connectivity index (χ3v) is 3.46. The maximum absolute atomic E-state index is 6.37. The molecule has 0 saturated heterocycles. The zero-order valence-electron chi connectivity index (χ0n) is 12.7. The number of halogens is 1. The number of aromatic nitrogens is 1. The summed E-state index contributed by atoms with van der Waals surface area (Å²) in [5, 5.41) is 4.14. The maximum atomic E-state index is 6.37. The molecule has 0 aliphatic rings. The van der Waals surface area contributed by atoms with Crippen molar-refractivity contribution in [2.24, 2.45) is 0 Å². The molecule has 0 fully saturated rings. The molecular weight excluding hydrogens is 284 g/mol. The molecule has 0 amide bonds. The lowest BCUT2D eigenvalue weighted by Gasteiger charge is -2.11. The summed E-state index contributed by atoms with van der Waals surface area (Å²) in [7, 11) is 0. The predicted octanol–water partition coefficient (Wildman–Crippen LogP) is 4.30. The topological polar surface area (TPSA) is 34.1 Å². The van der Waals surface area contributed by atoms with Crippen LogP contribution in [-0.4, -0.2) is 17.6 Å². The van der Waals surface area contributed by atoms with Crippen molar-refractivity contribution in [2.45, 2.75) is 33.4 Å². The minimum atomic E-state index is 0.438. The molecule has 0 atom stereocenters. The molecule has 0 bridgehead atoms. The largest absolute Gasteiger partial charge is 0.492 e. The van der Waals surface area contributed by atoms with Crippen LogP contribution in [0.3, 0.4) is 0 Å². The molecule has 0 spiro atoms. The van der Waals surface area contributed by atoms with Gasteiger partial charge in [0, 0.05) is 29.4 Å². The Morgan fingerprint density at radius 1 is 1.19 bits per heavy atom. The molecule has 1 N–H and O–H groups in total. The lowest BCUT2D eigenvalue weighted by Crippen LogP contribution is -2.21.